The molecule has 0 fully saturated rings. The summed E-state index contributed by atoms with van der Waals surface area (Å²) in [6, 6.07) is 16.5. The van der Waals surface area contributed by atoms with E-state index in [9.17, 15) is 4.79 Å². The molecule has 0 saturated carbocycles. The van der Waals surface area contributed by atoms with E-state index in [-0.39, 0.29) is 5.91 Å². The van der Waals surface area contributed by atoms with Crippen molar-refractivity contribution in [3.8, 4) is 0 Å². The highest BCUT2D eigenvalue weighted by Crippen LogP contribution is 2.43. The fourth-order valence-corrected chi connectivity index (χ4v) is 4.98. The van der Waals surface area contributed by atoms with E-state index in [1.54, 1.807) is 0 Å². The Kier molecular flexibility index (Phi) is 3.54. The predicted molar refractivity (Wildman–Crippen MR) is 119 cm³/mol. The van der Waals surface area contributed by atoms with E-state index < -0.39 is 0 Å². The zero-order valence-corrected chi connectivity index (χ0v) is 16.1. The van der Waals surface area contributed by atoms with Crippen LogP contribution in [0.3, 0.4) is 0 Å². The van der Waals surface area contributed by atoms with Gasteiger partial charge >= 0.3 is 0 Å². The molecule has 0 spiro atoms. The molecule has 2 N–H and O–H groups in total. The number of nitrogens with one attached hydrogen (secondary N) is 2. The first kappa shape index (κ1) is 16.9. The van der Waals surface area contributed by atoms with Gasteiger partial charge in [-0.15, -0.1) is 0 Å². The minimum Gasteiger partial charge on any atom is -0.353 e. The molecule has 0 unspecified atom stereocenters. The molecule has 0 saturated heterocycles. The molecule has 6 rings (SSSR count). The number of aromatic nitrogens is 2. The number of azide groups is 1. The maximum absolute atomic E-state index is 12.9. The van der Waals surface area contributed by atoms with Gasteiger partial charge in [0.1, 0.15) is 0 Å². The number of benzene rings is 3. The van der Waals surface area contributed by atoms with Gasteiger partial charge in [-0.25, -0.2) is 0 Å². The Morgan fingerprint density at radius 3 is 2.73 bits per heavy atom. The molecular formula is C23H18N6O. The molecule has 7 nitrogen and oxygen atoms in total. The molecule has 0 aliphatic carbocycles. The van der Waals surface area contributed by atoms with Gasteiger partial charge in [-0.05, 0) is 29.6 Å². The number of H-pyrrole nitrogens is 1. The van der Waals surface area contributed by atoms with Crippen molar-refractivity contribution >= 4 is 49.5 Å². The third kappa shape index (κ3) is 2.15. The van der Waals surface area contributed by atoms with E-state index in [1.807, 2.05) is 24.3 Å². The minimum absolute atomic E-state index is 0.0122. The summed E-state index contributed by atoms with van der Waals surface area (Å²) < 4.78 is 2.30. The lowest BCUT2D eigenvalue weighted by Gasteiger charge is -2.09. The zero-order chi connectivity index (χ0) is 20.2. The van der Waals surface area contributed by atoms with Gasteiger partial charge in [0, 0.05) is 57.1 Å². The summed E-state index contributed by atoms with van der Waals surface area (Å²) in [7, 11) is 0. The van der Waals surface area contributed by atoms with Crippen LogP contribution in [0.15, 0.2) is 53.6 Å². The Morgan fingerprint density at radius 1 is 1.07 bits per heavy atom. The minimum atomic E-state index is -0.0122. The van der Waals surface area contributed by atoms with Crippen molar-refractivity contribution in [3.63, 3.8) is 0 Å². The topological polar surface area (TPSA) is 98.6 Å². The molecular weight excluding hydrogens is 376 g/mol. The Bertz CT molecular complexity index is 1550. The number of amides is 1. The molecule has 146 valence electrons. The second-order valence-electron chi connectivity index (χ2n) is 7.66. The normalized spacial score (nSPS) is 13.3. The van der Waals surface area contributed by atoms with Crippen LogP contribution >= 0.6 is 0 Å². The number of para-hydroxylation sites is 2. The lowest BCUT2D eigenvalue weighted by Crippen LogP contribution is -2.12. The first-order valence-corrected chi connectivity index (χ1v) is 10.0. The average Bonchev–Trinajstić information content (AvgIpc) is 3.43. The molecule has 1 amide bonds. The number of carbonyl (C=O) groups is 1. The maximum Gasteiger partial charge on any atom is 0.252 e. The summed E-state index contributed by atoms with van der Waals surface area (Å²) in [5, 5.41) is 11.1. The standard InChI is InChI=1S/C23H18N6O/c24-28-26-10-5-11-29-17-9-4-2-7-14(17)18-15-12-25-23(30)20(15)19-13-6-1-3-8-16(13)27-21(19)22(18)29/h1-4,6-9,27H,5,10-12H2,(H,25,30). The molecule has 0 bridgehead atoms. The number of aromatic amines is 1. The summed E-state index contributed by atoms with van der Waals surface area (Å²) in [5.74, 6) is -0.0122. The van der Waals surface area contributed by atoms with Gasteiger partial charge in [-0.2, -0.15) is 0 Å². The fourth-order valence-electron chi connectivity index (χ4n) is 4.98. The van der Waals surface area contributed by atoms with Crippen LogP contribution < -0.4 is 5.32 Å². The van der Waals surface area contributed by atoms with Crippen molar-refractivity contribution in [2.45, 2.75) is 19.5 Å². The molecule has 1 aliphatic rings. The quantitative estimate of drug-likeness (QED) is 0.182. The van der Waals surface area contributed by atoms with Gasteiger partial charge < -0.3 is 14.9 Å². The van der Waals surface area contributed by atoms with Crippen LogP contribution in [0.25, 0.3) is 54.1 Å². The molecule has 3 heterocycles. The molecule has 7 heteroatoms. The van der Waals surface area contributed by atoms with Crippen LogP contribution in [0.1, 0.15) is 22.3 Å². The van der Waals surface area contributed by atoms with Crippen molar-refractivity contribution in [3.05, 3.63) is 70.1 Å². The van der Waals surface area contributed by atoms with Crippen LogP contribution in [0.2, 0.25) is 0 Å². The summed E-state index contributed by atoms with van der Waals surface area (Å²) >= 11 is 0. The smallest absolute Gasteiger partial charge is 0.252 e. The number of aryl methyl sites for hydroxylation is 1. The summed E-state index contributed by atoms with van der Waals surface area (Å²) in [6.45, 7) is 1.71. The van der Waals surface area contributed by atoms with Crippen molar-refractivity contribution in [2.75, 3.05) is 6.54 Å². The number of rotatable bonds is 4. The van der Waals surface area contributed by atoms with E-state index in [0.29, 0.717) is 13.1 Å². The second kappa shape index (κ2) is 6.27. The molecule has 2 aromatic heterocycles. The zero-order valence-electron chi connectivity index (χ0n) is 16.1. The SMILES string of the molecule is [N-]=[N+]=NCCCn1c2ccccc2c2c3c(c4c5ccccc5[nH]c4c21)C(=O)NC3. The number of hydrogen-bond donors (Lipinski definition) is 2. The van der Waals surface area contributed by atoms with E-state index >= 15 is 0 Å². The highest BCUT2D eigenvalue weighted by molar-refractivity contribution is 6.30. The van der Waals surface area contributed by atoms with Crippen molar-refractivity contribution in [1.82, 2.24) is 14.9 Å². The van der Waals surface area contributed by atoms with Crippen molar-refractivity contribution < 1.29 is 4.79 Å². The van der Waals surface area contributed by atoms with Crippen molar-refractivity contribution in [1.29, 1.82) is 0 Å². The monoisotopic (exact) mass is 394 g/mol. The third-order valence-corrected chi connectivity index (χ3v) is 6.12. The maximum atomic E-state index is 12.9. The van der Waals surface area contributed by atoms with E-state index in [0.717, 1.165) is 67.7 Å². The summed E-state index contributed by atoms with van der Waals surface area (Å²) in [6.07, 6.45) is 0.744. The number of fused-ring (bicyclic) bond motifs is 10. The van der Waals surface area contributed by atoms with Gasteiger partial charge in [-0.3, -0.25) is 4.79 Å². The van der Waals surface area contributed by atoms with Gasteiger partial charge in [0.15, 0.2) is 0 Å². The first-order chi connectivity index (χ1) is 14.8. The lowest BCUT2D eigenvalue weighted by atomic mass is 9.97. The Morgan fingerprint density at radius 2 is 1.87 bits per heavy atom. The lowest BCUT2D eigenvalue weighted by molar-refractivity contribution is 0.0967. The van der Waals surface area contributed by atoms with Crippen LogP contribution in [-0.4, -0.2) is 22.0 Å². The third-order valence-electron chi connectivity index (χ3n) is 6.12. The van der Waals surface area contributed by atoms with Gasteiger partial charge in [0.2, 0.25) is 0 Å². The molecule has 3 aromatic carbocycles. The fraction of sp³-hybridized carbons (Fsp3) is 0.174. The molecule has 5 aromatic rings. The molecule has 1 aliphatic heterocycles. The first-order valence-electron chi connectivity index (χ1n) is 10.0. The van der Waals surface area contributed by atoms with Gasteiger partial charge in [0.25, 0.3) is 5.91 Å². The van der Waals surface area contributed by atoms with Crippen LogP contribution in [0, 0.1) is 0 Å². The average molecular weight is 394 g/mol. The van der Waals surface area contributed by atoms with Crippen molar-refractivity contribution in [2.24, 2.45) is 5.11 Å². The van der Waals surface area contributed by atoms with E-state index in [2.05, 4.69) is 49.2 Å². The Balaban J connectivity index is 1.81. The molecule has 0 atom stereocenters. The highest BCUT2D eigenvalue weighted by Gasteiger charge is 2.30. The molecule has 30 heavy (non-hydrogen) atoms. The van der Waals surface area contributed by atoms with Crippen LogP contribution in [0.5, 0.6) is 0 Å². The van der Waals surface area contributed by atoms with Gasteiger partial charge in [0.05, 0.1) is 16.6 Å². The summed E-state index contributed by atoms with van der Waals surface area (Å²) in [4.78, 5) is 19.3. The second-order valence-corrected chi connectivity index (χ2v) is 7.66. The van der Waals surface area contributed by atoms with Gasteiger partial charge in [-0.1, -0.05) is 41.5 Å². The number of hydrogen-bond acceptors (Lipinski definition) is 2. The largest absolute Gasteiger partial charge is 0.353 e. The highest BCUT2D eigenvalue weighted by atomic mass is 16.1. The Hall–Kier alpha value is -3.96. The van der Waals surface area contributed by atoms with Crippen LogP contribution in [0.4, 0.5) is 0 Å². The van der Waals surface area contributed by atoms with E-state index in [4.69, 9.17) is 5.53 Å². The van der Waals surface area contributed by atoms with E-state index in [1.165, 1.54) is 0 Å². The molecule has 0 radical (unpaired) electrons. The number of carbonyl (C=O) groups excluding carboxylic acids is 1. The number of nitrogens with zero attached hydrogens (tertiary/aromatic N) is 4. The Labute approximate surface area is 170 Å². The predicted octanol–water partition coefficient (Wildman–Crippen LogP) is 5.37. The van der Waals surface area contributed by atoms with Crippen LogP contribution in [-0.2, 0) is 13.1 Å². The summed E-state index contributed by atoms with van der Waals surface area (Å²) in [5.41, 5.74) is 14.7.